The van der Waals surface area contributed by atoms with Crippen LogP contribution in [-0.4, -0.2) is 66.4 Å². The van der Waals surface area contributed by atoms with E-state index >= 15 is 0 Å². The molecule has 0 saturated carbocycles. The molecule has 8 nitrogen and oxygen atoms in total. The number of nitrogens with one attached hydrogen (secondary N) is 2. The summed E-state index contributed by atoms with van der Waals surface area (Å²) in [6.07, 6.45) is 3.15. The third-order valence-corrected chi connectivity index (χ3v) is 5.36. The maximum absolute atomic E-state index is 12.4. The van der Waals surface area contributed by atoms with Gasteiger partial charge in [-0.05, 0) is 25.0 Å². The number of likely N-dealkylation sites (tertiary alicyclic amines) is 1. The predicted molar refractivity (Wildman–Crippen MR) is 107 cm³/mol. The Bertz CT molecular complexity index is 738. The lowest BCUT2D eigenvalue weighted by atomic mass is 10.2. The third kappa shape index (κ3) is 6.56. The van der Waals surface area contributed by atoms with E-state index in [1.54, 1.807) is 38.4 Å². The smallest absolute Gasteiger partial charge is 0.270 e. The molecule has 0 aromatic heterocycles. The second kappa shape index (κ2) is 10.7. The summed E-state index contributed by atoms with van der Waals surface area (Å²) in [4.78, 5) is 51.9. The molecule has 0 spiro atoms. The molecule has 1 aliphatic rings. The zero-order valence-electron chi connectivity index (χ0n) is 16.2. The first-order valence-electron chi connectivity index (χ1n) is 9.17. The molecule has 9 heteroatoms. The summed E-state index contributed by atoms with van der Waals surface area (Å²) in [5.41, 5.74) is 5.11. The van der Waals surface area contributed by atoms with Crippen LogP contribution in [0.25, 0.3) is 0 Å². The lowest BCUT2D eigenvalue weighted by Gasteiger charge is -2.20. The van der Waals surface area contributed by atoms with Crippen LogP contribution in [0.3, 0.4) is 0 Å². The van der Waals surface area contributed by atoms with Gasteiger partial charge in [-0.15, -0.1) is 11.8 Å². The maximum Gasteiger partial charge on any atom is 0.270 e. The van der Waals surface area contributed by atoms with E-state index in [0.29, 0.717) is 23.4 Å². The lowest BCUT2D eigenvalue weighted by Crippen LogP contribution is -2.47. The van der Waals surface area contributed by atoms with Gasteiger partial charge in [0.25, 0.3) is 11.8 Å². The van der Waals surface area contributed by atoms with E-state index in [9.17, 15) is 19.2 Å². The highest BCUT2D eigenvalue weighted by atomic mass is 32.2. The van der Waals surface area contributed by atoms with Crippen LogP contribution >= 0.6 is 11.8 Å². The number of amides is 4. The van der Waals surface area contributed by atoms with Crippen molar-refractivity contribution in [2.24, 2.45) is 0 Å². The lowest BCUT2D eigenvalue weighted by molar-refractivity contribution is -0.135. The fraction of sp³-hybridized carbons (Fsp3) is 0.474. The van der Waals surface area contributed by atoms with Crippen LogP contribution in [0.1, 0.15) is 36.0 Å². The van der Waals surface area contributed by atoms with Crippen LogP contribution in [0.2, 0.25) is 0 Å². The van der Waals surface area contributed by atoms with Crippen molar-refractivity contribution in [3.05, 3.63) is 29.8 Å². The van der Waals surface area contributed by atoms with Gasteiger partial charge in [-0.3, -0.25) is 30.0 Å². The highest BCUT2D eigenvalue weighted by molar-refractivity contribution is 8.00. The van der Waals surface area contributed by atoms with Gasteiger partial charge in [-0.1, -0.05) is 18.6 Å². The van der Waals surface area contributed by atoms with E-state index in [1.165, 1.54) is 21.6 Å². The average molecular weight is 407 g/mol. The van der Waals surface area contributed by atoms with E-state index in [0.717, 1.165) is 19.3 Å². The summed E-state index contributed by atoms with van der Waals surface area (Å²) < 4.78 is 0. The Kier molecular flexibility index (Phi) is 8.31. The summed E-state index contributed by atoms with van der Waals surface area (Å²) in [5.74, 6) is -0.810. The van der Waals surface area contributed by atoms with Crippen molar-refractivity contribution in [1.82, 2.24) is 20.7 Å². The zero-order valence-corrected chi connectivity index (χ0v) is 17.0. The second-order valence-corrected chi connectivity index (χ2v) is 7.72. The van der Waals surface area contributed by atoms with E-state index in [4.69, 9.17) is 0 Å². The van der Waals surface area contributed by atoms with Crippen molar-refractivity contribution in [2.45, 2.75) is 30.6 Å². The van der Waals surface area contributed by atoms with Crippen LogP contribution in [-0.2, 0) is 14.4 Å². The fourth-order valence-electron chi connectivity index (χ4n) is 2.66. The van der Waals surface area contributed by atoms with Crippen molar-refractivity contribution in [3.8, 4) is 0 Å². The van der Waals surface area contributed by atoms with Crippen LogP contribution < -0.4 is 10.9 Å². The summed E-state index contributed by atoms with van der Waals surface area (Å²) in [6.45, 7) is 0.479. The molecule has 0 aliphatic carbocycles. The first-order chi connectivity index (χ1) is 13.4. The number of hydrogen-bond donors (Lipinski definition) is 2. The largest absolute Gasteiger partial charge is 0.348 e. The standard InChI is InChI=1S/C19H26N4O4S/c1-22(2)18(26)13-28-15-9-6-5-8-14(15)19(27)21-20-16(24)12-23-11-7-3-4-10-17(23)25/h5-6,8-9H,3-4,7,10-13H2,1-2H3,(H,20,24)(H,21,27). The van der Waals surface area contributed by atoms with Gasteiger partial charge in [0.05, 0.1) is 11.3 Å². The molecule has 1 heterocycles. The first kappa shape index (κ1) is 21.7. The molecule has 0 radical (unpaired) electrons. The number of carbonyl (C=O) groups is 4. The molecule has 1 aromatic carbocycles. The molecule has 4 amide bonds. The van der Waals surface area contributed by atoms with Gasteiger partial charge < -0.3 is 9.80 Å². The van der Waals surface area contributed by atoms with Crippen LogP contribution in [0.15, 0.2) is 29.2 Å². The Morgan fingerprint density at radius 3 is 2.61 bits per heavy atom. The van der Waals surface area contributed by atoms with Gasteiger partial charge in [-0.25, -0.2) is 0 Å². The van der Waals surface area contributed by atoms with E-state index < -0.39 is 11.8 Å². The molecule has 152 valence electrons. The topological polar surface area (TPSA) is 98.8 Å². The Hall–Kier alpha value is -2.55. The molecule has 0 atom stereocenters. The predicted octanol–water partition coefficient (Wildman–Crippen LogP) is 1.03. The minimum atomic E-state index is -0.476. The van der Waals surface area contributed by atoms with Crippen molar-refractivity contribution in [3.63, 3.8) is 0 Å². The molecular formula is C19H26N4O4S. The monoisotopic (exact) mass is 406 g/mol. The maximum atomic E-state index is 12.4. The summed E-state index contributed by atoms with van der Waals surface area (Å²) in [7, 11) is 3.35. The molecule has 1 aliphatic heterocycles. The van der Waals surface area contributed by atoms with E-state index in [1.807, 2.05) is 0 Å². The van der Waals surface area contributed by atoms with E-state index in [-0.39, 0.29) is 24.1 Å². The van der Waals surface area contributed by atoms with Gasteiger partial charge in [-0.2, -0.15) is 0 Å². The molecule has 2 N–H and O–H groups in total. The SMILES string of the molecule is CN(C)C(=O)CSc1ccccc1C(=O)NNC(=O)CN1CCCCCC1=O. The molecule has 28 heavy (non-hydrogen) atoms. The zero-order chi connectivity index (χ0) is 20.5. The molecule has 0 unspecified atom stereocenters. The van der Waals surface area contributed by atoms with Crippen LogP contribution in [0, 0.1) is 0 Å². The Morgan fingerprint density at radius 2 is 1.86 bits per heavy atom. The van der Waals surface area contributed by atoms with Gasteiger partial charge in [0.15, 0.2) is 0 Å². The molecule has 0 bridgehead atoms. The van der Waals surface area contributed by atoms with Crippen molar-refractivity contribution < 1.29 is 19.2 Å². The molecule has 2 rings (SSSR count). The van der Waals surface area contributed by atoms with Crippen molar-refractivity contribution in [1.29, 1.82) is 0 Å². The second-order valence-electron chi connectivity index (χ2n) is 6.70. The number of thioether (sulfide) groups is 1. The third-order valence-electron chi connectivity index (χ3n) is 4.30. The van der Waals surface area contributed by atoms with Gasteiger partial charge in [0.1, 0.15) is 6.54 Å². The quantitative estimate of drug-likeness (QED) is 0.543. The van der Waals surface area contributed by atoms with Crippen molar-refractivity contribution >= 4 is 35.4 Å². The molecule has 1 saturated heterocycles. The first-order valence-corrected chi connectivity index (χ1v) is 10.2. The molecule has 1 aromatic rings. The van der Waals surface area contributed by atoms with Crippen LogP contribution in [0.5, 0.6) is 0 Å². The average Bonchev–Trinajstić information content (AvgIpc) is 2.88. The highest BCUT2D eigenvalue weighted by Gasteiger charge is 2.20. The number of hydrogen-bond acceptors (Lipinski definition) is 5. The molecular weight excluding hydrogens is 380 g/mol. The summed E-state index contributed by atoms with van der Waals surface area (Å²) in [5, 5.41) is 0. The molecule has 1 fully saturated rings. The number of rotatable bonds is 6. The van der Waals surface area contributed by atoms with Crippen molar-refractivity contribution in [2.75, 3.05) is 32.9 Å². The summed E-state index contributed by atoms with van der Waals surface area (Å²) in [6, 6.07) is 6.87. The van der Waals surface area contributed by atoms with Crippen LogP contribution in [0.4, 0.5) is 0 Å². The number of hydrazine groups is 1. The number of benzene rings is 1. The van der Waals surface area contributed by atoms with Gasteiger partial charge >= 0.3 is 0 Å². The number of nitrogens with zero attached hydrogens (tertiary/aromatic N) is 2. The van der Waals surface area contributed by atoms with E-state index in [2.05, 4.69) is 10.9 Å². The van der Waals surface area contributed by atoms with Gasteiger partial charge in [0.2, 0.25) is 11.8 Å². The number of carbonyl (C=O) groups excluding carboxylic acids is 4. The minimum absolute atomic E-state index is 0.0359. The Morgan fingerprint density at radius 1 is 1.11 bits per heavy atom. The van der Waals surface area contributed by atoms with Gasteiger partial charge in [0, 0.05) is 32.0 Å². The normalized spacial score (nSPS) is 14.2. The Labute approximate surface area is 169 Å². The summed E-state index contributed by atoms with van der Waals surface area (Å²) >= 11 is 1.26. The Balaban J connectivity index is 1.89. The minimum Gasteiger partial charge on any atom is -0.348 e. The fourth-order valence-corrected chi connectivity index (χ4v) is 3.69. The highest BCUT2D eigenvalue weighted by Crippen LogP contribution is 2.22.